The van der Waals surface area contributed by atoms with Crippen molar-refractivity contribution in [2.45, 2.75) is 302 Å². The summed E-state index contributed by atoms with van der Waals surface area (Å²) in [7, 11) is 0. The molecule has 0 bridgehead atoms. The Hall–Kier alpha value is -1.92. The molecule has 0 aromatic carbocycles. The van der Waals surface area contributed by atoms with Gasteiger partial charge in [0.1, 0.15) is 6.10 Å². The summed E-state index contributed by atoms with van der Waals surface area (Å²) in [5, 5.41) is 23.7. The molecule has 62 heavy (non-hydrogen) atoms. The standard InChI is InChI=1S/C56H105NO5/c1-4-7-10-13-16-19-21-23-25-27-28-30-32-34-37-40-43-46-49-56(61)62-52(47-44-41-38-36-33-31-29-26-24-22-20-17-14-11-8-5-2)50-55(60)57-53(51-58)54(59)48-45-42-39-35-18-15-12-9-6-3/h25,27-28,30-31,33,52-54,58-59H,4-24,26,29,32,34-51H2,1-3H3,(H,57,60)/b27-25+,30-28+,33-31+. The van der Waals surface area contributed by atoms with E-state index in [1.54, 1.807) is 0 Å². The predicted molar refractivity (Wildman–Crippen MR) is 269 cm³/mol. The van der Waals surface area contributed by atoms with Gasteiger partial charge in [-0.3, -0.25) is 9.59 Å². The van der Waals surface area contributed by atoms with Gasteiger partial charge in [0, 0.05) is 6.42 Å². The van der Waals surface area contributed by atoms with Crippen LogP contribution in [0.2, 0.25) is 0 Å². The van der Waals surface area contributed by atoms with E-state index in [1.165, 1.54) is 161 Å². The number of carbonyl (C=O) groups excluding carboxylic acids is 2. The van der Waals surface area contributed by atoms with Crippen molar-refractivity contribution in [1.82, 2.24) is 5.32 Å². The number of nitrogens with one attached hydrogen (secondary N) is 1. The lowest BCUT2D eigenvalue weighted by atomic mass is 10.0. The predicted octanol–water partition coefficient (Wildman–Crippen LogP) is 16.5. The first kappa shape index (κ1) is 60.1. The van der Waals surface area contributed by atoms with Crippen LogP contribution < -0.4 is 5.32 Å². The highest BCUT2D eigenvalue weighted by atomic mass is 16.5. The van der Waals surface area contributed by atoms with Crippen molar-refractivity contribution < 1.29 is 24.5 Å². The normalized spacial score (nSPS) is 13.4. The second kappa shape index (κ2) is 50.1. The quantitative estimate of drug-likeness (QED) is 0.0245. The number of unbranched alkanes of at least 4 members (excludes halogenated alkanes) is 32. The molecule has 364 valence electrons. The molecule has 3 unspecified atom stereocenters. The molecular formula is C56H105NO5. The highest BCUT2D eigenvalue weighted by Gasteiger charge is 2.24. The summed E-state index contributed by atoms with van der Waals surface area (Å²) < 4.78 is 5.93. The molecule has 0 aliphatic heterocycles. The number of ether oxygens (including phenoxy) is 1. The molecule has 0 aliphatic carbocycles. The van der Waals surface area contributed by atoms with E-state index in [0.29, 0.717) is 19.3 Å². The van der Waals surface area contributed by atoms with Crippen molar-refractivity contribution in [3.8, 4) is 0 Å². The van der Waals surface area contributed by atoms with Gasteiger partial charge >= 0.3 is 5.97 Å². The Balaban J connectivity index is 4.58. The van der Waals surface area contributed by atoms with Gasteiger partial charge in [0.05, 0.1) is 25.2 Å². The molecule has 3 N–H and O–H groups in total. The molecule has 0 saturated heterocycles. The molecule has 0 radical (unpaired) electrons. The number of hydrogen-bond donors (Lipinski definition) is 3. The minimum Gasteiger partial charge on any atom is -0.462 e. The molecule has 0 aromatic rings. The van der Waals surface area contributed by atoms with E-state index < -0.39 is 18.2 Å². The highest BCUT2D eigenvalue weighted by Crippen LogP contribution is 2.17. The summed E-state index contributed by atoms with van der Waals surface area (Å²) in [6.45, 7) is 6.47. The Morgan fingerprint density at radius 3 is 1.26 bits per heavy atom. The van der Waals surface area contributed by atoms with E-state index in [0.717, 1.165) is 77.0 Å². The van der Waals surface area contributed by atoms with Crippen molar-refractivity contribution in [2.75, 3.05) is 6.61 Å². The first-order valence-corrected chi connectivity index (χ1v) is 27.2. The number of allylic oxidation sites excluding steroid dienone is 6. The van der Waals surface area contributed by atoms with E-state index in [4.69, 9.17) is 4.74 Å². The fraction of sp³-hybridized carbons (Fsp3) is 0.857. The van der Waals surface area contributed by atoms with Gasteiger partial charge in [-0.25, -0.2) is 0 Å². The molecule has 0 fully saturated rings. The molecular weight excluding hydrogens is 767 g/mol. The number of rotatable bonds is 49. The van der Waals surface area contributed by atoms with Gasteiger partial charge < -0.3 is 20.3 Å². The van der Waals surface area contributed by atoms with Crippen LogP contribution >= 0.6 is 0 Å². The average molecular weight is 872 g/mol. The van der Waals surface area contributed by atoms with E-state index in [-0.39, 0.29) is 24.9 Å². The molecule has 1 amide bonds. The van der Waals surface area contributed by atoms with E-state index in [2.05, 4.69) is 62.5 Å². The van der Waals surface area contributed by atoms with Gasteiger partial charge in [0.2, 0.25) is 5.91 Å². The first-order chi connectivity index (χ1) is 30.5. The molecule has 3 atom stereocenters. The smallest absolute Gasteiger partial charge is 0.306 e. The molecule has 0 aliphatic rings. The van der Waals surface area contributed by atoms with Gasteiger partial charge in [-0.1, -0.05) is 231 Å². The monoisotopic (exact) mass is 872 g/mol. The van der Waals surface area contributed by atoms with Crippen LogP contribution in [0.25, 0.3) is 0 Å². The lowest BCUT2D eigenvalue weighted by Crippen LogP contribution is -2.46. The van der Waals surface area contributed by atoms with Crippen LogP contribution in [0.15, 0.2) is 36.5 Å². The molecule has 0 saturated carbocycles. The van der Waals surface area contributed by atoms with Gasteiger partial charge in [-0.05, 0) is 77.0 Å². The second-order valence-electron chi connectivity index (χ2n) is 18.7. The van der Waals surface area contributed by atoms with E-state index >= 15 is 0 Å². The number of aliphatic hydroxyl groups excluding tert-OH is 2. The number of esters is 1. The maximum atomic E-state index is 13.2. The van der Waals surface area contributed by atoms with Gasteiger partial charge in [0.25, 0.3) is 0 Å². The second-order valence-corrected chi connectivity index (χ2v) is 18.7. The van der Waals surface area contributed by atoms with Crippen LogP contribution in [-0.2, 0) is 14.3 Å². The Labute approximate surface area is 385 Å². The summed E-state index contributed by atoms with van der Waals surface area (Å²) in [4.78, 5) is 26.2. The van der Waals surface area contributed by atoms with Crippen LogP contribution in [0.5, 0.6) is 0 Å². The van der Waals surface area contributed by atoms with Crippen molar-refractivity contribution in [1.29, 1.82) is 0 Å². The number of amides is 1. The molecule has 0 aromatic heterocycles. The zero-order chi connectivity index (χ0) is 45.2. The van der Waals surface area contributed by atoms with Crippen LogP contribution in [0.4, 0.5) is 0 Å². The SMILES string of the molecule is CCCCCCCCC/C=C/C=C/CCCCCCCC(=O)OC(CCCCC/C=C/CCCCCCCCCCC)CC(=O)NC(CO)C(O)CCCCCCCCCCC. The number of aliphatic hydroxyl groups is 2. The van der Waals surface area contributed by atoms with Gasteiger partial charge in [-0.2, -0.15) is 0 Å². The summed E-state index contributed by atoms with van der Waals surface area (Å²) in [6, 6.07) is -0.707. The fourth-order valence-corrected chi connectivity index (χ4v) is 8.30. The van der Waals surface area contributed by atoms with Crippen LogP contribution in [-0.4, -0.2) is 46.9 Å². The molecule has 0 spiro atoms. The fourth-order valence-electron chi connectivity index (χ4n) is 8.30. The average Bonchev–Trinajstić information content (AvgIpc) is 3.26. The zero-order valence-corrected chi connectivity index (χ0v) is 41.5. The summed E-state index contributed by atoms with van der Waals surface area (Å²) >= 11 is 0. The number of hydrogen-bond acceptors (Lipinski definition) is 5. The van der Waals surface area contributed by atoms with Crippen molar-refractivity contribution in [3.05, 3.63) is 36.5 Å². The third-order valence-corrected chi connectivity index (χ3v) is 12.5. The summed E-state index contributed by atoms with van der Waals surface area (Å²) in [5.41, 5.74) is 0. The minimum absolute atomic E-state index is 0.0630. The summed E-state index contributed by atoms with van der Waals surface area (Å²) in [6.07, 6.45) is 59.3. The Bertz CT molecular complexity index is 1020. The Morgan fingerprint density at radius 2 is 0.823 bits per heavy atom. The number of carbonyl (C=O) groups is 2. The molecule has 0 rings (SSSR count). The molecule has 0 heterocycles. The highest BCUT2D eigenvalue weighted by molar-refractivity contribution is 5.77. The maximum absolute atomic E-state index is 13.2. The largest absolute Gasteiger partial charge is 0.462 e. The molecule has 6 nitrogen and oxygen atoms in total. The van der Waals surface area contributed by atoms with Crippen molar-refractivity contribution in [3.63, 3.8) is 0 Å². The first-order valence-electron chi connectivity index (χ1n) is 27.2. The maximum Gasteiger partial charge on any atom is 0.306 e. The Morgan fingerprint density at radius 1 is 0.468 bits per heavy atom. The van der Waals surface area contributed by atoms with Crippen LogP contribution in [0.3, 0.4) is 0 Å². The van der Waals surface area contributed by atoms with Crippen molar-refractivity contribution >= 4 is 11.9 Å². The third kappa shape index (κ3) is 44.7. The topological polar surface area (TPSA) is 95.9 Å². The van der Waals surface area contributed by atoms with E-state index in [9.17, 15) is 19.8 Å². The summed E-state index contributed by atoms with van der Waals surface area (Å²) in [5.74, 6) is -0.498. The third-order valence-electron chi connectivity index (χ3n) is 12.5. The van der Waals surface area contributed by atoms with E-state index in [1.807, 2.05) is 0 Å². The van der Waals surface area contributed by atoms with Crippen LogP contribution in [0.1, 0.15) is 284 Å². The van der Waals surface area contributed by atoms with Crippen LogP contribution in [0, 0.1) is 0 Å². The van der Waals surface area contributed by atoms with Gasteiger partial charge in [0.15, 0.2) is 0 Å². The van der Waals surface area contributed by atoms with Gasteiger partial charge in [-0.15, -0.1) is 0 Å². The molecule has 6 heteroatoms. The Kier molecular flexibility index (Phi) is 48.5. The zero-order valence-electron chi connectivity index (χ0n) is 41.5. The minimum atomic E-state index is -0.791. The lowest BCUT2D eigenvalue weighted by molar-refractivity contribution is -0.151. The lowest BCUT2D eigenvalue weighted by Gasteiger charge is -2.24. The van der Waals surface area contributed by atoms with Crippen molar-refractivity contribution in [2.24, 2.45) is 0 Å².